The molecule has 0 unspecified atom stereocenters. The van der Waals surface area contributed by atoms with Crippen molar-refractivity contribution in [3.63, 3.8) is 0 Å². The Balaban J connectivity index is 0.00000144. The summed E-state index contributed by atoms with van der Waals surface area (Å²) in [5, 5.41) is 10.5. The molecule has 0 radical (unpaired) electrons. The minimum Gasteiger partial charge on any atom is -0.545 e. The fraction of sp³-hybridized carbons (Fsp3) is 0.125. The minimum atomic E-state index is -1.27. The zero-order valence-electron chi connectivity index (χ0n) is 7.53. The van der Waals surface area contributed by atoms with Crippen LogP contribution >= 0.6 is 0 Å². The van der Waals surface area contributed by atoms with Crippen LogP contribution in [0.2, 0.25) is 0 Å². The zero-order chi connectivity index (χ0) is 9.14. The molecular formula is C8H8NNaO3. The van der Waals surface area contributed by atoms with E-state index in [2.05, 4.69) is 0 Å². The minimum absolute atomic E-state index is 0. The molecule has 1 aromatic carbocycles. The summed E-state index contributed by atoms with van der Waals surface area (Å²) in [5.41, 5.74) is 5.87. The molecule has 0 aliphatic rings. The van der Waals surface area contributed by atoms with E-state index in [1.54, 1.807) is 0 Å². The molecule has 13 heavy (non-hydrogen) atoms. The van der Waals surface area contributed by atoms with Crippen molar-refractivity contribution in [2.24, 2.45) is 0 Å². The molecule has 0 heterocycles. The quantitative estimate of drug-likeness (QED) is 0.389. The Kier molecular flexibility index (Phi) is 4.83. The predicted molar refractivity (Wildman–Crippen MR) is 41.7 cm³/mol. The van der Waals surface area contributed by atoms with E-state index < -0.39 is 5.97 Å². The van der Waals surface area contributed by atoms with Crippen LogP contribution in [0, 0.1) is 0 Å². The number of ether oxygens (including phenoxy) is 1. The first-order valence-electron chi connectivity index (χ1n) is 3.30. The van der Waals surface area contributed by atoms with Crippen LogP contribution in [0.25, 0.3) is 0 Å². The van der Waals surface area contributed by atoms with E-state index >= 15 is 0 Å². The van der Waals surface area contributed by atoms with Gasteiger partial charge in [-0.2, -0.15) is 0 Å². The van der Waals surface area contributed by atoms with Gasteiger partial charge in [0.2, 0.25) is 0 Å². The van der Waals surface area contributed by atoms with E-state index in [-0.39, 0.29) is 40.9 Å². The second kappa shape index (κ2) is 5.11. The maximum atomic E-state index is 10.5. The van der Waals surface area contributed by atoms with Crippen LogP contribution in [0.1, 0.15) is 10.4 Å². The molecule has 2 N–H and O–H groups in total. The number of hydrogen-bond acceptors (Lipinski definition) is 4. The maximum Gasteiger partial charge on any atom is 1.00 e. The van der Waals surface area contributed by atoms with Crippen molar-refractivity contribution in [1.29, 1.82) is 0 Å². The van der Waals surface area contributed by atoms with Crippen LogP contribution in [0.4, 0.5) is 5.69 Å². The molecule has 0 spiro atoms. The standard InChI is InChI=1S/C8H9NO3.Na/c1-12-7-4-5(9)2-3-6(7)8(10)11;/h2-4H,9H2,1H3,(H,10,11);/q;+1/p-1. The van der Waals surface area contributed by atoms with E-state index in [0.717, 1.165) is 0 Å². The molecule has 64 valence electrons. The first-order chi connectivity index (χ1) is 5.65. The monoisotopic (exact) mass is 189 g/mol. The molecule has 4 nitrogen and oxygen atoms in total. The fourth-order valence-electron chi connectivity index (χ4n) is 0.876. The van der Waals surface area contributed by atoms with Gasteiger partial charge in [0.15, 0.2) is 0 Å². The third-order valence-electron chi connectivity index (χ3n) is 1.45. The van der Waals surface area contributed by atoms with E-state index in [1.165, 1.54) is 25.3 Å². The Bertz CT molecular complexity index is 314. The van der Waals surface area contributed by atoms with Crippen molar-refractivity contribution in [2.45, 2.75) is 0 Å². The molecule has 5 heteroatoms. The molecule has 0 saturated carbocycles. The normalized spacial score (nSPS) is 8.69. The molecule has 1 rings (SSSR count). The SMILES string of the molecule is COc1cc(N)ccc1C(=O)[O-].[Na+]. The average molecular weight is 189 g/mol. The van der Waals surface area contributed by atoms with Crippen LogP contribution < -0.4 is 45.1 Å². The zero-order valence-corrected chi connectivity index (χ0v) is 9.53. The summed E-state index contributed by atoms with van der Waals surface area (Å²) in [6.45, 7) is 0. The number of rotatable bonds is 2. The molecule has 0 aromatic heterocycles. The molecule has 0 saturated heterocycles. The van der Waals surface area contributed by atoms with Gasteiger partial charge in [-0.05, 0) is 12.1 Å². The summed E-state index contributed by atoms with van der Waals surface area (Å²) < 4.78 is 4.79. The van der Waals surface area contributed by atoms with Crippen LogP contribution in [0.3, 0.4) is 0 Å². The number of carbonyl (C=O) groups is 1. The Labute approximate surface area is 98.0 Å². The van der Waals surface area contributed by atoms with Crippen LogP contribution in [0.5, 0.6) is 5.75 Å². The third kappa shape index (κ3) is 2.91. The van der Waals surface area contributed by atoms with Crippen molar-refractivity contribution >= 4 is 11.7 Å². The number of carboxylic acid groups (broad SMARTS) is 1. The second-order valence-electron chi connectivity index (χ2n) is 2.25. The molecule has 0 aliphatic heterocycles. The molecular weight excluding hydrogens is 181 g/mol. The van der Waals surface area contributed by atoms with Gasteiger partial charge in [0.05, 0.1) is 13.1 Å². The first-order valence-corrected chi connectivity index (χ1v) is 3.30. The predicted octanol–water partition coefficient (Wildman–Crippen LogP) is -3.36. The third-order valence-corrected chi connectivity index (χ3v) is 1.45. The van der Waals surface area contributed by atoms with Gasteiger partial charge in [-0.15, -0.1) is 0 Å². The number of methoxy groups -OCH3 is 1. The molecule has 1 aromatic rings. The van der Waals surface area contributed by atoms with Crippen molar-refractivity contribution in [3.8, 4) is 5.75 Å². The van der Waals surface area contributed by atoms with Gasteiger partial charge in [-0.3, -0.25) is 0 Å². The molecule has 0 amide bonds. The summed E-state index contributed by atoms with van der Waals surface area (Å²) in [5.74, 6) is -1.05. The van der Waals surface area contributed by atoms with Crippen LogP contribution in [0.15, 0.2) is 18.2 Å². The van der Waals surface area contributed by atoms with E-state index in [1.807, 2.05) is 0 Å². The van der Waals surface area contributed by atoms with Crippen molar-refractivity contribution in [2.75, 3.05) is 12.8 Å². The van der Waals surface area contributed by atoms with Gasteiger partial charge < -0.3 is 20.4 Å². The Morgan fingerprint density at radius 2 is 2.15 bits per heavy atom. The van der Waals surface area contributed by atoms with Gasteiger partial charge in [-0.1, -0.05) is 0 Å². The smallest absolute Gasteiger partial charge is 0.545 e. The van der Waals surface area contributed by atoms with E-state index in [4.69, 9.17) is 10.5 Å². The Morgan fingerprint density at radius 1 is 1.54 bits per heavy atom. The Hall–Kier alpha value is -0.710. The fourth-order valence-corrected chi connectivity index (χ4v) is 0.876. The molecule has 0 atom stereocenters. The van der Waals surface area contributed by atoms with Gasteiger partial charge in [0, 0.05) is 17.3 Å². The number of hydrogen-bond donors (Lipinski definition) is 1. The topological polar surface area (TPSA) is 75.4 Å². The first kappa shape index (κ1) is 12.3. The second-order valence-corrected chi connectivity index (χ2v) is 2.25. The number of aromatic carboxylic acids is 1. The van der Waals surface area contributed by atoms with Gasteiger partial charge in [0.1, 0.15) is 5.75 Å². The number of anilines is 1. The van der Waals surface area contributed by atoms with Gasteiger partial charge in [-0.25, -0.2) is 0 Å². The van der Waals surface area contributed by atoms with Crippen LogP contribution in [-0.4, -0.2) is 13.1 Å². The van der Waals surface area contributed by atoms with Crippen molar-refractivity contribution in [3.05, 3.63) is 23.8 Å². The number of nitrogens with two attached hydrogens (primary N) is 1. The summed E-state index contributed by atoms with van der Waals surface area (Å²) >= 11 is 0. The van der Waals surface area contributed by atoms with Gasteiger partial charge >= 0.3 is 29.6 Å². The van der Waals surface area contributed by atoms with Gasteiger partial charge in [0.25, 0.3) is 0 Å². The average Bonchev–Trinajstić information content (AvgIpc) is 2.03. The summed E-state index contributed by atoms with van der Waals surface area (Å²) in [6.07, 6.45) is 0. The Morgan fingerprint density at radius 3 is 2.62 bits per heavy atom. The number of carbonyl (C=O) groups excluding carboxylic acids is 1. The molecule has 0 aliphatic carbocycles. The summed E-state index contributed by atoms with van der Waals surface area (Å²) in [7, 11) is 1.38. The van der Waals surface area contributed by atoms with Crippen LogP contribution in [-0.2, 0) is 0 Å². The number of benzene rings is 1. The van der Waals surface area contributed by atoms with E-state index in [0.29, 0.717) is 5.69 Å². The van der Waals surface area contributed by atoms with Crippen molar-refractivity contribution < 1.29 is 44.2 Å². The maximum absolute atomic E-state index is 10.5. The number of nitrogen functional groups attached to an aromatic ring is 1. The summed E-state index contributed by atoms with van der Waals surface area (Å²) in [4.78, 5) is 10.5. The van der Waals surface area contributed by atoms with Crippen molar-refractivity contribution in [1.82, 2.24) is 0 Å². The van der Waals surface area contributed by atoms with E-state index in [9.17, 15) is 9.90 Å². The summed E-state index contributed by atoms with van der Waals surface area (Å²) in [6, 6.07) is 4.27. The molecule has 0 fully saturated rings. The molecule has 0 bridgehead atoms. The number of carboxylic acids is 1. The largest absolute Gasteiger partial charge is 1.00 e.